The Bertz CT molecular complexity index is 691. The molecule has 0 heterocycles. The zero-order valence-corrected chi connectivity index (χ0v) is 14.5. The van der Waals surface area contributed by atoms with Crippen LogP contribution in [0.5, 0.6) is 11.5 Å². The second kappa shape index (κ2) is 9.44. The fraction of sp³-hybridized carbons (Fsp3) is 0.235. The van der Waals surface area contributed by atoms with Gasteiger partial charge in [0.1, 0.15) is 5.75 Å². The third-order valence-electron chi connectivity index (χ3n) is 3.15. The maximum absolute atomic E-state index is 12.1. The molecule has 2 rings (SSSR count). The van der Waals surface area contributed by atoms with Gasteiger partial charge in [-0.05, 0) is 36.2 Å². The van der Waals surface area contributed by atoms with E-state index >= 15 is 0 Å². The Morgan fingerprint density at radius 3 is 2.32 bits per heavy atom. The highest BCUT2D eigenvalue weighted by molar-refractivity contribution is 6.37. The number of rotatable bonds is 8. The summed E-state index contributed by atoms with van der Waals surface area (Å²) in [7, 11) is 0. The highest BCUT2D eigenvalue weighted by atomic mass is 35.5. The lowest BCUT2D eigenvalue weighted by Gasteiger charge is -2.10. The van der Waals surface area contributed by atoms with Crippen LogP contribution in [0.4, 0.5) is 8.78 Å². The van der Waals surface area contributed by atoms with Crippen LogP contribution in [0.25, 0.3) is 0 Å². The molecule has 0 aromatic heterocycles. The smallest absolute Gasteiger partial charge is 0.387 e. The molecule has 0 atom stereocenters. The van der Waals surface area contributed by atoms with Crippen LogP contribution >= 0.6 is 23.2 Å². The van der Waals surface area contributed by atoms with Gasteiger partial charge < -0.3 is 14.8 Å². The maximum atomic E-state index is 12.1. The number of carbonyl (C=O) groups is 1. The molecule has 1 N–H and O–H groups in total. The van der Waals surface area contributed by atoms with Gasteiger partial charge in [0.2, 0.25) is 0 Å². The minimum absolute atomic E-state index is 0.0906. The fourth-order valence-corrected chi connectivity index (χ4v) is 2.50. The number of nitrogens with one attached hydrogen (secondary N) is 1. The second-order valence-electron chi connectivity index (χ2n) is 4.96. The molecule has 0 aliphatic heterocycles. The van der Waals surface area contributed by atoms with E-state index in [1.807, 2.05) is 0 Å². The third kappa shape index (κ3) is 6.40. The lowest BCUT2D eigenvalue weighted by Crippen LogP contribution is -2.30. The predicted molar refractivity (Wildman–Crippen MR) is 91.7 cm³/mol. The van der Waals surface area contributed by atoms with Crippen LogP contribution in [0.15, 0.2) is 42.5 Å². The molecule has 4 nitrogen and oxygen atoms in total. The van der Waals surface area contributed by atoms with Gasteiger partial charge in [-0.25, -0.2) is 0 Å². The summed E-state index contributed by atoms with van der Waals surface area (Å²) in [5, 5.41) is 3.34. The van der Waals surface area contributed by atoms with E-state index in [-0.39, 0.29) is 24.0 Å². The Morgan fingerprint density at radius 1 is 1.08 bits per heavy atom. The second-order valence-corrected chi connectivity index (χ2v) is 5.78. The Hall–Kier alpha value is -2.05. The molecule has 25 heavy (non-hydrogen) atoms. The zero-order chi connectivity index (χ0) is 18.2. The molecule has 8 heteroatoms. The molecule has 0 unspecified atom stereocenters. The number of hydrogen-bond acceptors (Lipinski definition) is 3. The van der Waals surface area contributed by atoms with Crippen molar-refractivity contribution in [2.24, 2.45) is 0 Å². The van der Waals surface area contributed by atoms with Crippen molar-refractivity contribution in [3.63, 3.8) is 0 Å². The van der Waals surface area contributed by atoms with E-state index in [4.69, 9.17) is 27.9 Å². The number of halogens is 4. The molecule has 0 aliphatic carbocycles. The van der Waals surface area contributed by atoms with Crippen LogP contribution in [0.3, 0.4) is 0 Å². The summed E-state index contributed by atoms with van der Waals surface area (Å²) < 4.78 is 33.7. The van der Waals surface area contributed by atoms with Gasteiger partial charge in [0.15, 0.2) is 12.4 Å². The summed E-state index contributed by atoms with van der Waals surface area (Å²) in [6, 6.07) is 11.1. The minimum atomic E-state index is -2.85. The van der Waals surface area contributed by atoms with Gasteiger partial charge in [-0.15, -0.1) is 0 Å². The standard InChI is InChI=1S/C17H15Cl2F2NO3/c18-13-2-1-3-14(19)16(13)24-10-15(23)22-9-8-11-4-6-12(7-5-11)25-17(20)21/h1-7,17H,8-10H2,(H,22,23). The van der Waals surface area contributed by atoms with Crippen LogP contribution in [-0.4, -0.2) is 25.7 Å². The van der Waals surface area contributed by atoms with Gasteiger partial charge in [0, 0.05) is 6.54 Å². The molecule has 0 aliphatic rings. The van der Waals surface area contributed by atoms with Gasteiger partial charge in [0.05, 0.1) is 10.0 Å². The predicted octanol–water partition coefficient (Wildman–Crippen LogP) is 4.33. The molecule has 0 fully saturated rings. The summed E-state index contributed by atoms with van der Waals surface area (Å²) in [5.74, 6) is 0.0250. The Balaban J connectivity index is 1.73. The molecule has 0 saturated carbocycles. The largest absolute Gasteiger partial charge is 0.481 e. The molecular formula is C17H15Cl2F2NO3. The van der Waals surface area contributed by atoms with Crippen molar-refractivity contribution in [2.75, 3.05) is 13.2 Å². The Morgan fingerprint density at radius 2 is 1.72 bits per heavy atom. The van der Waals surface area contributed by atoms with Crippen molar-refractivity contribution in [3.8, 4) is 11.5 Å². The van der Waals surface area contributed by atoms with Crippen molar-refractivity contribution in [3.05, 3.63) is 58.1 Å². The third-order valence-corrected chi connectivity index (χ3v) is 3.75. The van der Waals surface area contributed by atoms with E-state index in [2.05, 4.69) is 10.1 Å². The molecule has 0 radical (unpaired) electrons. The number of para-hydroxylation sites is 1. The molecular weight excluding hydrogens is 375 g/mol. The van der Waals surface area contributed by atoms with Gasteiger partial charge in [0.25, 0.3) is 5.91 Å². The highest BCUT2D eigenvalue weighted by Crippen LogP contribution is 2.32. The molecule has 0 spiro atoms. The van der Waals surface area contributed by atoms with E-state index in [0.717, 1.165) is 5.56 Å². The van der Waals surface area contributed by atoms with Gasteiger partial charge >= 0.3 is 6.61 Å². The summed E-state index contributed by atoms with van der Waals surface area (Å²) in [4.78, 5) is 11.8. The number of alkyl halides is 2. The van der Waals surface area contributed by atoms with Crippen molar-refractivity contribution in [1.82, 2.24) is 5.32 Å². The number of amides is 1. The first-order chi connectivity index (χ1) is 12.0. The van der Waals surface area contributed by atoms with Crippen molar-refractivity contribution in [2.45, 2.75) is 13.0 Å². The first-order valence-electron chi connectivity index (χ1n) is 7.33. The lowest BCUT2D eigenvalue weighted by atomic mass is 10.1. The van der Waals surface area contributed by atoms with Crippen LogP contribution in [0, 0.1) is 0 Å². The van der Waals surface area contributed by atoms with E-state index in [0.29, 0.717) is 23.0 Å². The minimum Gasteiger partial charge on any atom is -0.481 e. The number of hydrogen-bond donors (Lipinski definition) is 1. The summed E-state index contributed by atoms with van der Waals surface area (Å²) in [6.07, 6.45) is 0.535. The van der Waals surface area contributed by atoms with Gasteiger partial charge in [-0.1, -0.05) is 41.4 Å². The number of ether oxygens (including phenoxy) is 2. The Labute approximate surface area is 153 Å². The normalized spacial score (nSPS) is 10.6. The number of carbonyl (C=O) groups excluding carboxylic acids is 1. The maximum Gasteiger partial charge on any atom is 0.387 e. The van der Waals surface area contributed by atoms with Gasteiger partial charge in [-0.2, -0.15) is 8.78 Å². The van der Waals surface area contributed by atoms with Crippen molar-refractivity contribution >= 4 is 29.1 Å². The average molecular weight is 390 g/mol. The van der Waals surface area contributed by atoms with Crippen molar-refractivity contribution < 1.29 is 23.0 Å². The first-order valence-corrected chi connectivity index (χ1v) is 8.08. The lowest BCUT2D eigenvalue weighted by molar-refractivity contribution is -0.123. The average Bonchev–Trinajstić information content (AvgIpc) is 2.55. The van der Waals surface area contributed by atoms with E-state index < -0.39 is 6.61 Å². The van der Waals surface area contributed by atoms with E-state index in [1.165, 1.54) is 12.1 Å². The van der Waals surface area contributed by atoms with Crippen LogP contribution in [-0.2, 0) is 11.2 Å². The van der Waals surface area contributed by atoms with Crippen molar-refractivity contribution in [1.29, 1.82) is 0 Å². The van der Waals surface area contributed by atoms with E-state index in [9.17, 15) is 13.6 Å². The quantitative estimate of drug-likeness (QED) is 0.730. The zero-order valence-electron chi connectivity index (χ0n) is 13.0. The van der Waals surface area contributed by atoms with Gasteiger partial charge in [-0.3, -0.25) is 4.79 Å². The molecule has 1 amide bonds. The molecule has 2 aromatic carbocycles. The van der Waals surface area contributed by atoms with E-state index in [1.54, 1.807) is 30.3 Å². The topological polar surface area (TPSA) is 47.6 Å². The number of benzene rings is 2. The van der Waals surface area contributed by atoms with Crippen LogP contribution in [0.2, 0.25) is 10.0 Å². The summed E-state index contributed by atoms with van der Waals surface area (Å²) in [6.45, 7) is -2.70. The fourth-order valence-electron chi connectivity index (χ4n) is 1.99. The molecule has 0 bridgehead atoms. The molecule has 134 valence electrons. The first kappa shape index (κ1) is 19.3. The van der Waals surface area contributed by atoms with Crippen LogP contribution in [0.1, 0.15) is 5.56 Å². The SMILES string of the molecule is O=C(COc1c(Cl)cccc1Cl)NCCc1ccc(OC(F)F)cc1. The Kier molecular flexibility index (Phi) is 7.28. The van der Waals surface area contributed by atoms with Crippen LogP contribution < -0.4 is 14.8 Å². The molecule has 2 aromatic rings. The summed E-state index contributed by atoms with van der Waals surface area (Å²) in [5.41, 5.74) is 0.872. The summed E-state index contributed by atoms with van der Waals surface area (Å²) >= 11 is 11.9. The monoisotopic (exact) mass is 389 g/mol. The highest BCUT2D eigenvalue weighted by Gasteiger charge is 2.09. The molecule has 0 saturated heterocycles.